The van der Waals surface area contributed by atoms with Gasteiger partial charge in [-0.25, -0.2) is 9.59 Å². The number of nitrogens with one attached hydrogen (secondary N) is 1. The van der Waals surface area contributed by atoms with Gasteiger partial charge in [0.2, 0.25) is 11.8 Å². The standard InChI is InChI=1S/C34H37BrN2O7/c1-31(2,3)44-30(43)36-22(27(39)40)18-12-13-19-37-26(38)25-32(4)23(20-14-8-6-9-15-20)24(21-16-10-7-11-17-21)33(5,28(32)41)34(25,35)29(37)42/h6-11,14-17,22,25H,12-13,18-19H2,1-5H3,(H,36,43)(H,39,40)/t22-,25?,32?,33?,34?/m0/s1. The maximum Gasteiger partial charge on any atom is 0.408 e. The van der Waals surface area contributed by atoms with Gasteiger partial charge in [-0.1, -0.05) is 76.6 Å². The molecule has 0 spiro atoms. The predicted molar refractivity (Wildman–Crippen MR) is 167 cm³/mol. The van der Waals surface area contributed by atoms with Crippen LogP contribution < -0.4 is 5.32 Å². The average Bonchev–Trinajstić information content (AvgIpc) is 3.34. The fourth-order valence-electron chi connectivity index (χ4n) is 7.40. The molecule has 0 radical (unpaired) electrons. The number of hydrogen-bond donors (Lipinski definition) is 2. The average molecular weight is 666 g/mol. The van der Waals surface area contributed by atoms with Gasteiger partial charge in [0.15, 0.2) is 5.78 Å². The number of halogens is 1. The summed E-state index contributed by atoms with van der Waals surface area (Å²) in [5.41, 5.74) is -0.223. The van der Waals surface area contributed by atoms with Crippen molar-refractivity contribution in [3.8, 4) is 0 Å². The molecule has 10 heteroatoms. The molecule has 4 unspecified atom stereocenters. The van der Waals surface area contributed by atoms with Crippen LogP contribution in [0.1, 0.15) is 65.0 Å². The molecule has 2 aromatic carbocycles. The summed E-state index contributed by atoms with van der Waals surface area (Å²) in [6.07, 6.45) is -0.111. The van der Waals surface area contributed by atoms with Crippen LogP contribution >= 0.6 is 15.9 Å². The molecule has 2 aromatic rings. The maximum absolute atomic E-state index is 14.5. The quantitative estimate of drug-likeness (QED) is 0.206. The Labute approximate surface area is 265 Å². The van der Waals surface area contributed by atoms with Crippen LogP contribution in [0.4, 0.5) is 4.79 Å². The van der Waals surface area contributed by atoms with Gasteiger partial charge in [-0.05, 0) is 76.2 Å². The third-order valence-electron chi connectivity index (χ3n) is 9.21. The number of carbonyl (C=O) groups excluding carboxylic acids is 4. The number of carboxylic acids is 1. The number of alkyl halides is 1. The lowest BCUT2D eigenvalue weighted by Crippen LogP contribution is -2.50. The van der Waals surface area contributed by atoms with Crippen LogP contribution in [0.3, 0.4) is 0 Å². The number of unbranched alkanes of at least 4 members (excludes halogenated alkanes) is 1. The van der Waals surface area contributed by atoms with E-state index in [1.165, 1.54) is 4.90 Å². The molecule has 1 saturated carbocycles. The van der Waals surface area contributed by atoms with E-state index in [-0.39, 0.29) is 18.7 Å². The number of alkyl carbamates (subject to hydrolysis) is 1. The number of Topliss-reactive ketones (excluding diaryl/α,β-unsaturated/α-hetero) is 1. The second-order valence-electron chi connectivity index (χ2n) is 13.1. The van der Waals surface area contributed by atoms with Crippen molar-refractivity contribution in [1.82, 2.24) is 10.2 Å². The minimum atomic E-state index is -1.48. The molecule has 1 saturated heterocycles. The van der Waals surface area contributed by atoms with Crippen LogP contribution in [-0.4, -0.2) is 62.2 Å². The Morgan fingerprint density at radius 2 is 1.50 bits per heavy atom. The largest absolute Gasteiger partial charge is 0.480 e. The van der Waals surface area contributed by atoms with Crippen LogP contribution in [-0.2, 0) is 23.9 Å². The van der Waals surface area contributed by atoms with Crippen molar-refractivity contribution in [3.05, 3.63) is 71.8 Å². The van der Waals surface area contributed by atoms with Gasteiger partial charge >= 0.3 is 12.1 Å². The van der Waals surface area contributed by atoms with E-state index in [1.54, 1.807) is 34.6 Å². The van der Waals surface area contributed by atoms with E-state index in [2.05, 4.69) is 21.2 Å². The monoisotopic (exact) mass is 664 g/mol. The van der Waals surface area contributed by atoms with Gasteiger partial charge in [0.1, 0.15) is 16.0 Å². The van der Waals surface area contributed by atoms with E-state index < -0.39 is 56.6 Å². The molecule has 44 heavy (non-hydrogen) atoms. The number of ether oxygens (including phenoxy) is 1. The summed E-state index contributed by atoms with van der Waals surface area (Å²) >= 11 is 3.74. The minimum absolute atomic E-state index is 0.0575. The minimum Gasteiger partial charge on any atom is -0.480 e. The van der Waals surface area contributed by atoms with E-state index >= 15 is 0 Å². The summed E-state index contributed by atoms with van der Waals surface area (Å²) in [7, 11) is 0. The number of allylic oxidation sites excluding steroid dienone is 2. The number of nitrogens with zero attached hydrogens (tertiary/aromatic N) is 1. The number of benzene rings is 2. The van der Waals surface area contributed by atoms with E-state index in [9.17, 15) is 29.1 Å². The molecule has 5 atom stereocenters. The van der Waals surface area contributed by atoms with Crippen LogP contribution in [0.25, 0.3) is 11.1 Å². The second-order valence-corrected chi connectivity index (χ2v) is 14.4. The smallest absolute Gasteiger partial charge is 0.408 e. The highest BCUT2D eigenvalue weighted by molar-refractivity contribution is 9.10. The molecule has 2 aliphatic carbocycles. The summed E-state index contributed by atoms with van der Waals surface area (Å²) in [6, 6.07) is 17.9. The van der Waals surface area contributed by atoms with Gasteiger partial charge in [-0.2, -0.15) is 0 Å². The molecule has 3 amide bonds. The topological polar surface area (TPSA) is 130 Å². The van der Waals surface area contributed by atoms with E-state index in [0.29, 0.717) is 12.8 Å². The van der Waals surface area contributed by atoms with Crippen molar-refractivity contribution in [2.75, 3.05) is 6.54 Å². The maximum atomic E-state index is 14.5. The van der Waals surface area contributed by atoms with Gasteiger partial charge in [0, 0.05) is 6.54 Å². The molecule has 2 fully saturated rings. The lowest BCUT2D eigenvalue weighted by Gasteiger charge is -2.41. The Bertz CT molecular complexity index is 1570. The molecule has 1 aliphatic heterocycles. The molecule has 3 aliphatic rings. The SMILES string of the molecule is CC(C)(C)OC(=O)N[C@@H](CCCCN1C(=O)C2C3(C)C(=O)C(C)(C(c4ccccc4)=C3c3ccccc3)C2(Br)C1=O)C(=O)O. The highest BCUT2D eigenvalue weighted by Gasteiger charge is 2.85. The zero-order valence-electron chi connectivity index (χ0n) is 25.5. The number of aliphatic carboxylic acids is 1. The molecule has 232 valence electrons. The van der Waals surface area contributed by atoms with Gasteiger partial charge in [-0.15, -0.1) is 0 Å². The molecule has 5 rings (SSSR count). The number of imide groups is 1. The first kappa shape index (κ1) is 31.6. The first-order valence-corrected chi connectivity index (χ1v) is 15.6. The van der Waals surface area contributed by atoms with Crippen molar-refractivity contribution < 1.29 is 33.8 Å². The second kappa shape index (κ2) is 11.0. The number of carboxylic acid groups (broad SMARTS) is 1. The van der Waals surface area contributed by atoms with Crippen LogP contribution in [0.5, 0.6) is 0 Å². The van der Waals surface area contributed by atoms with Gasteiger partial charge in [-0.3, -0.25) is 19.3 Å². The number of rotatable bonds is 9. The number of carbonyl (C=O) groups is 5. The Morgan fingerprint density at radius 1 is 0.955 bits per heavy atom. The number of amides is 3. The number of likely N-dealkylation sites (tertiary alicyclic amines) is 1. The number of ketones is 1. The highest BCUT2D eigenvalue weighted by atomic mass is 79.9. The third kappa shape index (κ3) is 4.60. The molecule has 9 nitrogen and oxygen atoms in total. The molecule has 2 N–H and O–H groups in total. The van der Waals surface area contributed by atoms with Crippen LogP contribution in [0.2, 0.25) is 0 Å². The van der Waals surface area contributed by atoms with Crippen molar-refractivity contribution in [2.24, 2.45) is 16.7 Å². The normalized spacial score (nSPS) is 28.4. The molecule has 1 heterocycles. The van der Waals surface area contributed by atoms with Crippen molar-refractivity contribution in [1.29, 1.82) is 0 Å². The lowest BCUT2D eigenvalue weighted by molar-refractivity contribution is -0.144. The third-order valence-corrected chi connectivity index (χ3v) is 10.8. The zero-order valence-corrected chi connectivity index (χ0v) is 27.1. The van der Waals surface area contributed by atoms with E-state index in [0.717, 1.165) is 22.3 Å². The van der Waals surface area contributed by atoms with Gasteiger partial charge < -0.3 is 15.2 Å². The van der Waals surface area contributed by atoms with E-state index in [1.807, 2.05) is 60.7 Å². The summed E-state index contributed by atoms with van der Waals surface area (Å²) in [6.45, 7) is 8.66. The van der Waals surface area contributed by atoms with Gasteiger partial charge in [0.05, 0.1) is 16.7 Å². The van der Waals surface area contributed by atoms with Crippen molar-refractivity contribution >= 4 is 56.7 Å². The summed E-state index contributed by atoms with van der Waals surface area (Å²) in [5, 5.41) is 12.0. The van der Waals surface area contributed by atoms with Crippen molar-refractivity contribution in [2.45, 2.75) is 69.8 Å². The fraction of sp³-hybridized carbons (Fsp3) is 0.441. The Hall–Kier alpha value is -3.79. The number of fused-ring (bicyclic) bond motifs is 5. The van der Waals surface area contributed by atoms with E-state index in [4.69, 9.17) is 4.74 Å². The van der Waals surface area contributed by atoms with Crippen LogP contribution in [0, 0.1) is 16.7 Å². The molecule has 0 aromatic heterocycles. The Balaban J connectivity index is 1.42. The Kier molecular flexibility index (Phi) is 7.89. The summed E-state index contributed by atoms with van der Waals surface area (Å²) < 4.78 is 3.70. The summed E-state index contributed by atoms with van der Waals surface area (Å²) in [4.78, 5) is 68.0. The Morgan fingerprint density at radius 3 is 2.02 bits per heavy atom. The molecule has 2 bridgehead atoms. The first-order chi connectivity index (χ1) is 20.6. The molecular formula is C34H37BrN2O7. The predicted octanol–water partition coefficient (Wildman–Crippen LogP) is 5.47. The first-order valence-electron chi connectivity index (χ1n) is 14.8. The van der Waals surface area contributed by atoms with Crippen molar-refractivity contribution in [3.63, 3.8) is 0 Å². The van der Waals surface area contributed by atoms with Crippen LogP contribution in [0.15, 0.2) is 60.7 Å². The highest BCUT2D eigenvalue weighted by Crippen LogP contribution is 2.77. The zero-order chi connectivity index (χ0) is 32.2. The fourth-order valence-corrected chi connectivity index (χ4v) is 8.64. The molecular weight excluding hydrogens is 628 g/mol. The lowest BCUT2D eigenvalue weighted by atomic mass is 9.63. The summed E-state index contributed by atoms with van der Waals surface area (Å²) in [5.74, 6) is -3.21. The van der Waals surface area contributed by atoms with Gasteiger partial charge in [0.25, 0.3) is 0 Å². The number of hydrogen-bond acceptors (Lipinski definition) is 6.